The van der Waals surface area contributed by atoms with Crippen molar-refractivity contribution < 1.29 is 4.74 Å². The molecule has 0 atom stereocenters. The molecule has 2 rings (SSSR count). The summed E-state index contributed by atoms with van der Waals surface area (Å²) in [5.74, 6) is 1.36. The molecule has 0 fully saturated rings. The number of ether oxygens (including phenoxy) is 1. The van der Waals surface area contributed by atoms with Crippen molar-refractivity contribution in [1.29, 1.82) is 0 Å². The quantitative estimate of drug-likeness (QED) is 0.333. The van der Waals surface area contributed by atoms with Gasteiger partial charge in [-0.25, -0.2) is 9.98 Å². The van der Waals surface area contributed by atoms with Crippen LogP contribution in [0.5, 0.6) is 11.6 Å². The number of benzene rings is 1. The Bertz CT molecular complexity index is 746. The second kappa shape index (κ2) is 8.15. The summed E-state index contributed by atoms with van der Waals surface area (Å²) >= 11 is 1.50. The van der Waals surface area contributed by atoms with Crippen LogP contribution in [0.4, 0.5) is 5.69 Å². The molecule has 0 unspecified atom stereocenters. The first-order valence-corrected chi connectivity index (χ1v) is 9.08. The molecular weight excluding hydrogens is 320 g/mol. The molecule has 5 nitrogen and oxygen atoms in total. The van der Waals surface area contributed by atoms with E-state index >= 15 is 0 Å². The maximum atomic E-state index is 5.99. The number of thioether (sulfide) groups is 1. The lowest BCUT2D eigenvalue weighted by atomic mass is 10.1. The van der Waals surface area contributed by atoms with E-state index in [-0.39, 0.29) is 0 Å². The van der Waals surface area contributed by atoms with E-state index in [9.17, 15) is 0 Å². The van der Waals surface area contributed by atoms with Crippen molar-refractivity contribution in [2.45, 2.75) is 32.9 Å². The van der Waals surface area contributed by atoms with E-state index in [1.165, 1.54) is 11.8 Å². The topological polar surface area (TPSA) is 50.6 Å². The maximum Gasteiger partial charge on any atom is 0.223 e. The second-order valence-corrected chi connectivity index (χ2v) is 6.43. The molecule has 0 bridgehead atoms. The monoisotopic (exact) mass is 344 g/mol. The molecule has 2 aromatic rings. The molecule has 24 heavy (non-hydrogen) atoms. The average molecular weight is 344 g/mol. The molecule has 6 heteroatoms. The van der Waals surface area contributed by atoms with Gasteiger partial charge in [-0.1, -0.05) is 11.8 Å². The van der Waals surface area contributed by atoms with Gasteiger partial charge in [-0.15, -0.1) is 0 Å². The Balaban J connectivity index is 2.28. The number of nitrogens with zero attached hydrogens (tertiary/aromatic N) is 4. The minimum atomic E-state index is 0.566. The van der Waals surface area contributed by atoms with Gasteiger partial charge in [0.15, 0.2) is 5.16 Å². The lowest BCUT2D eigenvalue weighted by Crippen LogP contribution is -2.14. The first-order chi connectivity index (χ1) is 11.4. The summed E-state index contributed by atoms with van der Waals surface area (Å²) in [5, 5.41) is 0.711. The van der Waals surface area contributed by atoms with Gasteiger partial charge in [0, 0.05) is 25.4 Å². The van der Waals surface area contributed by atoms with Gasteiger partial charge in [0.25, 0.3) is 0 Å². The van der Waals surface area contributed by atoms with Crippen LogP contribution in [-0.2, 0) is 0 Å². The molecule has 0 amide bonds. The van der Waals surface area contributed by atoms with E-state index in [0.29, 0.717) is 11.0 Å². The zero-order chi connectivity index (χ0) is 17.7. The van der Waals surface area contributed by atoms with Gasteiger partial charge in [0.1, 0.15) is 5.75 Å². The summed E-state index contributed by atoms with van der Waals surface area (Å²) < 4.78 is 5.99. The van der Waals surface area contributed by atoms with E-state index in [0.717, 1.165) is 34.8 Å². The molecular formula is C18H24N4OS. The standard InChI is InChI=1S/C18H24N4OS/c1-7-22(5)11-19-15-8-13(3)16(9-12(15)2)23-17-10-14(4)20-18(21-17)24-6/h8-11H,7H2,1-6H3/b19-11+. The van der Waals surface area contributed by atoms with Crippen LogP contribution in [0.25, 0.3) is 0 Å². The predicted molar refractivity (Wildman–Crippen MR) is 101 cm³/mol. The Morgan fingerprint density at radius 3 is 2.58 bits per heavy atom. The fraction of sp³-hybridized carbons (Fsp3) is 0.389. The van der Waals surface area contributed by atoms with E-state index in [2.05, 4.69) is 21.9 Å². The summed E-state index contributed by atoms with van der Waals surface area (Å²) in [6, 6.07) is 5.88. The average Bonchev–Trinajstić information content (AvgIpc) is 2.55. The minimum Gasteiger partial charge on any atom is -0.439 e. The van der Waals surface area contributed by atoms with Gasteiger partial charge in [0.2, 0.25) is 5.88 Å². The number of hydrogen-bond acceptors (Lipinski definition) is 5. The Hall–Kier alpha value is -2.08. The molecule has 0 aliphatic heterocycles. The fourth-order valence-electron chi connectivity index (χ4n) is 2.04. The van der Waals surface area contributed by atoms with Crippen LogP contribution in [0, 0.1) is 20.8 Å². The third kappa shape index (κ3) is 4.71. The zero-order valence-electron chi connectivity index (χ0n) is 15.1. The first-order valence-electron chi connectivity index (χ1n) is 7.86. The van der Waals surface area contributed by atoms with Crippen LogP contribution in [0.15, 0.2) is 28.3 Å². The first kappa shape index (κ1) is 18.3. The zero-order valence-corrected chi connectivity index (χ0v) is 15.9. The summed E-state index contributed by atoms with van der Waals surface area (Å²) in [4.78, 5) is 15.3. The molecule has 1 aromatic carbocycles. The highest BCUT2D eigenvalue weighted by Gasteiger charge is 2.09. The smallest absolute Gasteiger partial charge is 0.223 e. The summed E-state index contributed by atoms with van der Waals surface area (Å²) in [6.45, 7) is 9.00. The number of hydrogen-bond donors (Lipinski definition) is 0. The molecule has 0 saturated carbocycles. The second-order valence-electron chi connectivity index (χ2n) is 5.66. The SMILES string of the molecule is CCN(C)/C=N/c1cc(C)c(Oc2cc(C)nc(SC)n2)cc1C. The summed E-state index contributed by atoms with van der Waals surface area (Å²) in [7, 11) is 2.00. The van der Waals surface area contributed by atoms with Crippen molar-refractivity contribution in [1.82, 2.24) is 14.9 Å². The van der Waals surface area contributed by atoms with Crippen LogP contribution in [0.1, 0.15) is 23.7 Å². The van der Waals surface area contributed by atoms with Gasteiger partial charge in [-0.2, -0.15) is 4.98 Å². The molecule has 0 aliphatic rings. The van der Waals surface area contributed by atoms with E-state index in [1.807, 2.05) is 63.5 Å². The van der Waals surface area contributed by atoms with Gasteiger partial charge >= 0.3 is 0 Å². The number of aryl methyl sites for hydroxylation is 3. The molecule has 128 valence electrons. The number of rotatable bonds is 6. The molecule has 0 aliphatic carbocycles. The maximum absolute atomic E-state index is 5.99. The molecule has 1 aromatic heterocycles. The predicted octanol–water partition coefficient (Wildman–Crippen LogP) is 4.53. The highest BCUT2D eigenvalue weighted by molar-refractivity contribution is 7.98. The van der Waals surface area contributed by atoms with Crippen LogP contribution in [0.3, 0.4) is 0 Å². The van der Waals surface area contributed by atoms with Crippen LogP contribution >= 0.6 is 11.8 Å². The van der Waals surface area contributed by atoms with Crippen LogP contribution < -0.4 is 4.74 Å². The van der Waals surface area contributed by atoms with Crippen LogP contribution in [-0.4, -0.2) is 41.1 Å². The molecule has 0 spiro atoms. The van der Waals surface area contributed by atoms with E-state index in [4.69, 9.17) is 4.74 Å². The highest BCUT2D eigenvalue weighted by Crippen LogP contribution is 2.31. The van der Waals surface area contributed by atoms with Gasteiger partial charge in [-0.05, 0) is 57.2 Å². The lowest BCUT2D eigenvalue weighted by Gasteiger charge is -2.13. The fourth-order valence-corrected chi connectivity index (χ4v) is 2.45. The Labute approximate surface area is 148 Å². The van der Waals surface area contributed by atoms with Crippen molar-refractivity contribution in [3.8, 4) is 11.6 Å². The van der Waals surface area contributed by atoms with E-state index in [1.54, 1.807) is 0 Å². The molecule has 0 radical (unpaired) electrons. The van der Waals surface area contributed by atoms with Crippen molar-refractivity contribution in [2.75, 3.05) is 19.8 Å². The van der Waals surface area contributed by atoms with Gasteiger partial charge in [0.05, 0.1) is 12.0 Å². The Kier molecular flexibility index (Phi) is 6.20. The highest BCUT2D eigenvalue weighted by atomic mass is 32.2. The Morgan fingerprint density at radius 2 is 1.92 bits per heavy atom. The third-order valence-electron chi connectivity index (χ3n) is 3.59. The minimum absolute atomic E-state index is 0.566. The molecule has 1 heterocycles. The lowest BCUT2D eigenvalue weighted by molar-refractivity contribution is 0.451. The van der Waals surface area contributed by atoms with E-state index < -0.39 is 0 Å². The Morgan fingerprint density at radius 1 is 1.17 bits per heavy atom. The summed E-state index contributed by atoms with van der Waals surface area (Å²) in [5.41, 5.74) is 3.92. The largest absolute Gasteiger partial charge is 0.439 e. The van der Waals surface area contributed by atoms with Crippen LogP contribution in [0.2, 0.25) is 0 Å². The summed E-state index contributed by atoms with van der Waals surface area (Å²) in [6.07, 6.45) is 3.80. The van der Waals surface area contributed by atoms with Crippen molar-refractivity contribution in [3.63, 3.8) is 0 Å². The number of aliphatic imine (C=N–C) groups is 1. The molecule has 0 saturated heterocycles. The normalized spacial score (nSPS) is 11.1. The van der Waals surface area contributed by atoms with Crippen molar-refractivity contribution in [2.24, 2.45) is 4.99 Å². The van der Waals surface area contributed by atoms with Gasteiger partial charge < -0.3 is 9.64 Å². The molecule has 0 N–H and O–H groups in total. The van der Waals surface area contributed by atoms with Crippen molar-refractivity contribution >= 4 is 23.8 Å². The third-order valence-corrected chi connectivity index (χ3v) is 4.14. The van der Waals surface area contributed by atoms with Crippen molar-refractivity contribution in [3.05, 3.63) is 35.0 Å². The van der Waals surface area contributed by atoms with Gasteiger partial charge in [-0.3, -0.25) is 0 Å². The number of aromatic nitrogens is 2.